The fourth-order valence-electron chi connectivity index (χ4n) is 1.73. The number of amides is 2. The molecule has 0 aliphatic heterocycles. The number of benzene rings is 1. The van der Waals surface area contributed by atoms with Crippen molar-refractivity contribution in [3.05, 3.63) is 47.7 Å². The van der Waals surface area contributed by atoms with Gasteiger partial charge in [0.2, 0.25) is 5.89 Å². The molecule has 1 aromatic heterocycles. The van der Waals surface area contributed by atoms with E-state index in [-0.39, 0.29) is 22.7 Å². The SMILES string of the molecule is N/N=N\C(=O)Nc1cccc(C(F)F)c1/C=C/c1ncco1. The van der Waals surface area contributed by atoms with Crippen molar-refractivity contribution >= 4 is 23.9 Å². The minimum Gasteiger partial charge on any atom is -0.445 e. The second kappa shape index (κ2) is 7.07. The molecule has 0 bridgehead atoms. The fourth-order valence-corrected chi connectivity index (χ4v) is 1.73. The minimum absolute atomic E-state index is 0.108. The molecule has 1 heterocycles. The van der Waals surface area contributed by atoms with E-state index in [1.807, 2.05) is 0 Å². The number of nitrogens with one attached hydrogen (secondary N) is 1. The zero-order valence-corrected chi connectivity index (χ0v) is 11.1. The maximum Gasteiger partial charge on any atom is 0.365 e. The van der Waals surface area contributed by atoms with E-state index < -0.39 is 12.5 Å². The molecule has 7 nitrogen and oxygen atoms in total. The first kappa shape index (κ1) is 15.3. The molecule has 0 radical (unpaired) electrons. The lowest BCUT2D eigenvalue weighted by Gasteiger charge is -2.11. The van der Waals surface area contributed by atoms with Crippen LogP contribution >= 0.6 is 0 Å². The Morgan fingerprint density at radius 1 is 1.41 bits per heavy atom. The summed E-state index contributed by atoms with van der Waals surface area (Å²) in [6.45, 7) is 0. The van der Waals surface area contributed by atoms with E-state index in [1.165, 1.54) is 42.8 Å². The lowest BCUT2D eigenvalue weighted by atomic mass is 10.0. The van der Waals surface area contributed by atoms with Gasteiger partial charge in [-0.3, -0.25) is 0 Å². The van der Waals surface area contributed by atoms with E-state index >= 15 is 0 Å². The van der Waals surface area contributed by atoms with E-state index in [9.17, 15) is 13.6 Å². The van der Waals surface area contributed by atoms with Gasteiger partial charge in [0.25, 0.3) is 6.43 Å². The van der Waals surface area contributed by atoms with Gasteiger partial charge < -0.3 is 15.6 Å². The molecule has 3 N–H and O–H groups in total. The number of anilines is 1. The van der Waals surface area contributed by atoms with Gasteiger partial charge in [-0.1, -0.05) is 22.5 Å². The Balaban J connectivity index is 2.40. The normalized spacial score (nSPS) is 11.6. The van der Waals surface area contributed by atoms with Crippen LogP contribution in [0.25, 0.3) is 12.2 Å². The number of hydrogen-bond donors (Lipinski definition) is 2. The molecule has 0 unspecified atom stereocenters. The molecule has 0 fully saturated rings. The van der Waals surface area contributed by atoms with Gasteiger partial charge in [0.1, 0.15) is 6.26 Å². The molecule has 1 aromatic carbocycles. The van der Waals surface area contributed by atoms with Gasteiger partial charge in [-0.2, -0.15) is 0 Å². The summed E-state index contributed by atoms with van der Waals surface area (Å²) in [6, 6.07) is 3.21. The quantitative estimate of drug-likeness (QED) is 0.511. The third kappa shape index (κ3) is 3.72. The second-order valence-corrected chi connectivity index (χ2v) is 3.96. The number of halogens is 2. The molecule has 114 valence electrons. The molecule has 22 heavy (non-hydrogen) atoms. The molecule has 2 rings (SSSR count). The van der Waals surface area contributed by atoms with Crippen molar-refractivity contribution in [2.75, 3.05) is 5.32 Å². The number of urea groups is 1. The predicted molar refractivity (Wildman–Crippen MR) is 74.9 cm³/mol. The van der Waals surface area contributed by atoms with Crippen LogP contribution in [0.3, 0.4) is 0 Å². The van der Waals surface area contributed by atoms with Crippen molar-refractivity contribution < 1.29 is 18.0 Å². The molecule has 0 spiro atoms. The lowest BCUT2D eigenvalue weighted by Crippen LogP contribution is -2.08. The first-order valence-electron chi connectivity index (χ1n) is 6.02. The standard InChI is InChI=1S/C13H11F2N5O2/c14-12(15)9-2-1-3-10(18-13(21)19-20-16)8(9)4-5-11-17-6-7-22-11/h1-7,12H,(H3,16,18,19,21)/b5-4+. The number of aromatic nitrogens is 1. The Hall–Kier alpha value is -3.10. The number of oxazole rings is 1. The summed E-state index contributed by atoms with van der Waals surface area (Å²) in [5, 5.41) is 8.21. The van der Waals surface area contributed by atoms with Crippen LogP contribution in [-0.2, 0) is 0 Å². The van der Waals surface area contributed by atoms with Gasteiger partial charge in [0, 0.05) is 17.2 Å². The highest BCUT2D eigenvalue weighted by Gasteiger charge is 2.15. The number of nitrogens with zero attached hydrogens (tertiary/aromatic N) is 3. The monoisotopic (exact) mass is 307 g/mol. The van der Waals surface area contributed by atoms with E-state index in [0.717, 1.165) is 0 Å². The van der Waals surface area contributed by atoms with Gasteiger partial charge in [0.05, 0.1) is 11.9 Å². The molecular formula is C13H11F2N5O2. The van der Waals surface area contributed by atoms with Gasteiger partial charge in [-0.25, -0.2) is 18.6 Å². The van der Waals surface area contributed by atoms with Crippen LogP contribution < -0.4 is 11.2 Å². The van der Waals surface area contributed by atoms with Crippen molar-refractivity contribution in [1.29, 1.82) is 0 Å². The van der Waals surface area contributed by atoms with Gasteiger partial charge >= 0.3 is 6.03 Å². The zero-order chi connectivity index (χ0) is 15.9. The van der Waals surface area contributed by atoms with Crippen molar-refractivity contribution in [1.82, 2.24) is 4.98 Å². The number of rotatable bonds is 4. The summed E-state index contributed by atoms with van der Waals surface area (Å²) >= 11 is 0. The summed E-state index contributed by atoms with van der Waals surface area (Å²) in [5.74, 6) is 5.00. The van der Waals surface area contributed by atoms with Crippen LogP contribution in [0.5, 0.6) is 0 Å². The van der Waals surface area contributed by atoms with Crippen LogP contribution in [0.4, 0.5) is 19.3 Å². The van der Waals surface area contributed by atoms with Crippen LogP contribution in [-0.4, -0.2) is 11.0 Å². The van der Waals surface area contributed by atoms with E-state index in [2.05, 4.69) is 20.6 Å². The third-order valence-electron chi connectivity index (χ3n) is 2.61. The highest BCUT2D eigenvalue weighted by molar-refractivity contribution is 5.93. The molecule has 9 heteroatoms. The maximum atomic E-state index is 13.1. The third-order valence-corrected chi connectivity index (χ3v) is 2.61. The number of alkyl halides is 2. The van der Waals surface area contributed by atoms with Gasteiger partial charge in [0.15, 0.2) is 0 Å². The van der Waals surface area contributed by atoms with E-state index in [0.29, 0.717) is 0 Å². The minimum atomic E-state index is -2.72. The Labute approximate surface area is 123 Å². The maximum absolute atomic E-state index is 13.1. The first-order chi connectivity index (χ1) is 10.6. The Kier molecular flexibility index (Phi) is 4.91. The molecular weight excluding hydrogens is 296 g/mol. The number of carbonyl (C=O) groups excluding carboxylic acids is 1. The summed E-state index contributed by atoms with van der Waals surface area (Å²) in [6.07, 6.45) is 2.81. The lowest BCUT2D eigenvalue weighted by molar-refractivity contribution is 0.151. The van der Waals surface area contributed by atoms with Crippen LogP contribution in [0.15, 0.2) is 45.4 Å². The van der Waals surface area contributed by atoms with Crippen molar-refractivity contribution in [2.45, 2.75) is 6.43 Å². The highest BCUT2D eigenvalue weighted by Crippen LogP contribution is 2.30. The molecule has 2 amide bonds. The van der Waals surface area contributed by atoms with Crippen LogP contribution in [0, 0.1) is 0 Å². The van der Waals surface area contributed by atoms with E-state index in [1.54, 1.807) is 0 Å². The summed E-state index contributed by atoms with van der Waals surface area (Å²) in [7, 11) is 0. The predicted octanol–water partition coefficient (Wildman–Crippen LogP) is 3.64. The highest BCUT2D eigenvalue weighted by atomic mass is 19.3. The van der Waals surface area contributed by atoms with E-state index in [4.69, 9.17) is 10.3 Å². The molecule has 0 aliphatic carbocycles. The Morgan fingerprint density at radius 2 is 2.23 bits per heavy atom. The van der Waals surface area contributed by atoms with Crippen LogP contribution in [0.2, 0.25) is 0 Å². The molecule has 2 aromatic rings. The smallest absolute Gasteiger partial charge is 0.365 e. The average Bonchev–Trinajstić information content (AvgIpc) is 2.99. The number of nitrogens with two attached hydrogens (primary N) is 1. The topological polar surface area (TPSA) is 106 Å². The average molecular weight is 307 g/mol. The molecule has 0 saturated heterocycles. The summed E-state index contributed by atoms with van der Waals surface area (Å²) in [4.78, 5) is 15.2. The molecule has 0 atom stereocenters. The van der Waals surface area contributed by atoms with Crippen molar-refractivity contribution in [3.63, 3.8) is 0 Å². The Bertz CT molecular complexity index is 698. The molecule has 0 saturated carbocycles. The summed E-state index contributed by atoms with van der Waals surface area (Å²) in [5.41, 5.74) is -0.0143. The first-order valence-corrected chi connectivity index (χ1v) is 6.02. The van der Waals surface area contributed by atoms with Crippen molar-refractivity contribution in [2.24, 2.45) is 16.2 Å². The van der Waals surface area contributed by atoms with Gasteiger partial charge in [-0.15, -0.1) is 0 Å². The fraction of sp³-hybridized carbons (Fsp3) is 0.0769. The zero-order valence-electron chi connectivity index (χ0n) is 11.1. The summed E-state index contributed by atoms with van der Waals surface area (Å²) < 4.78 is 31.2. The Morgan fingerprint density at radius 3 is 2.86 bits per heavy atom. The van der Waals surface area contributed by atoms with Crippen molar-refractivity contribution in [3.8, 4) is 0 Å². The van der Waals surface area contributed by atoms with Gasteiger partial charge in [-0.05, 0) is 12.1 Å². The largest absolute Gasteiger partial charge is 0.445 e. The number of carbonyl (C=O) groups is 1. The number of hydrogen-bond acceptors (Lipinski definition) is 4. The second-order valence-electron chi connectivity index (χ2n) is 3.96. The van der Waals surface area contributed by atoms with Crippen LogP contribution in [0.1, 0.15) is 23.4 Å². The molecule has 0 aliphatic rings.